The smallest absolute Gasteiger partial charge is 0.332 e. The molecule has 11 heavy (non-hydrogen) atoms. The van der Waals surface area contributed by atoms with Gasteiger partial charge in [0.1, 0.15) is 12.6 Å². The molecule has 0 aromatic carbocycles. The highest BCUT2D eigenvalue weighted by Crippen LogP contribution is 2.33. The van der Waals surface area contributed by atoms with E-state index < -0.39 is 31.9 Å². The number of carboxylic acids is 1. The van der Waals surface area contributed by atoms with Gasteiger partial charge in [0, 0.05) is 0 Å². The minimum atomic E-state index is -4.39. The normalized spacial score (nSPS) is 11.1. The molecule has 0 saturated carbocycles. The summed E-state index contributed by atoms with van der Waals surface area (Å²) >= 11 is 0. The van der Waals surface area contributed by atoms with Crippen molar-refractivity contribution < 1.29 is 29.0 Å². The van der Waals surface area contributed by atoms with E-state index in [1.807, 2.05) is 0 Å². The SMILES string of the molecule is O=C(O)CC(=O)CP(=O)(O)O. The molecule has 6 nitrogen and oxygen atoms in total. The van der Waals surface area contributed by atoms with Crippen LogP contribution in [0.25, 0.3) is 0 Å². The van der Waals surface area contributed by atoms with Crippen LogP contribution in [0.15, 0.2) is 0 Å². The van der Waals surface area contributed by atoms with Crippen molar-refractivity contribution in [3.8, 4) is 0 Å². The molecular weight excluding hydrogens is 175 g/mol. The zero-order chi connectivity index (χ0) is 9.07. The third kappa shape index (κ3) is 7.18. The molecule has 64 valence electrons. The van der Waals surface area contributed by atoms with Gasteiger partial charge < -0.3 is 14.9 Å². The van der Waals surface area contributed by atoms with Gasteiger partial charge in [0.2, 0.25) is 0 Å². The fourth-order valence-electron chi connectivity index (χ4n) is 0.454. The lowest BCUT2D eigenvalue weighted by Crippen LogP contribution is -2.10. The fourth-order valence-corrected chi connectivity index (χ4v) is 1.03. The summed E-state index contributed by atoms with van der Waals surface area (Å²) < 4.78 is 10.1. The quantitative estimate of drug-likeness (QED) is 0.388. The highest BCUT2D eigenvalue weighted by molar-refractivity contribution is 7.52. The molecule has 0 rings (SSSR count). The monoisotopic (exact) mass is 182 g/mol. The number of aliphatic carboxylic acids is 1. The molecule has 0 amide bonds. The minimum Gasteiger partial charge on any atom is -0.481 e. The average molecular weight is 182 g/mol. The first-order valence-electron chi connectivity index (χ1n) is 2.59. The van der Waals surface area contributed by atoms with Gasteiger partial charge in [-0.2, -0.15) is 0 Å². The molecule has 0 bridgehead atoms. The third-order valence-corrected chi connectivity index (χ3v) is 1.50. The van der Waals surface area contributed by atoms with Gasteiger partial charge >= 0.3 is 13.6 Å². The number of carbonyl (C=O) groups excluding carboxylic acids is 1. The van der Waals surface area contributed by atoms with Crippen molar-refractivity contribution in [2.24, 2.45) is 0 Å². The molecule has 0 atom stereocenters. The Morgan fingerprint density at radius 2 is 1.73 bits per heavy atom. The van der Waals surface area contributed by atoms with Gasteiger partial charge in [-0.15, -0.1) is 0 Å². The van der Waals surface area contributed by atoms with Gasteiger partial charge in [0.05, 0.1) is 0 Å². The van der Waals surface area contributed by atoms with E-state index in [-0.39, 0.29) is 0 Å². The van der Waals surface area contributed by atoms with E-state index in [1.54, 1.807) is 0 Å². The summed E-state index contributed by atoms with van der Waals surface area (Å²) in [6.45, 7) is 0. The number of Topliss-reactive ketones (excluding diaryl/α,β-unsaturated/α-hetero) is 1. The highest BCUT2D eigenvalue weighted by Gasteiger charge is 2.20. The first kappa shape index (κ1) is 10.3. The number of rotatable bonds is 4. The molecule has 0 fully saturated rings. The van der Waals surface area contributed by atoms with Gasteiger partial charge in [0.25, 0.3) is 0 Å². The zero-order valence-electron chi connectivity index (χ0n) is 5.43. The van der Waals surface area contributed by atoms with E-state index in [0.29, 0.717) is 0 Å². The van der Waals surface area contributed by atoms with E-state index in [0.717, 1.165) is 0 Å². The number of carboxylic acid groups (broad SMARTS) is 1. The molecule has 7 heteroatoms. The maximum absolute atomic E-state index is 10.4. The second-order valence-corrected chi connectivity index (χ2v) is 3.58. The van der Waals surface area contributed by atoms with Crippen LogP contribution < -0.4 is 0 Å². The summed E-state index contributed by atoms with van der Waals surface area (Å²) in [5, 5.41) is 8.01. The lowest BCUT2D eigenvalue weighted by atomic mass is 10.3. The van der Waals surface area contributed by atoms with Crippen LogP contribution in [0.1, 0.15) is 6.42 Å². The number of hydrogen-bond acceptors (Lipinski definition) is 3. The number of ketones is 1. The first-order valence-corrected chi connectivity index (χ1v) is 4.39. The van der Waals surface area contributed by atoms with Gasteiger partial charge in [-0.1, -0.05) is 0 Å². The maximum atomic E-state index is 10.4. The Kier molecular flexibility index (Phi) is 3.38. The van der Waals surface area contributed by atoms with Crippen LogP contribution >= 0.6 is 7.60 Å². The summed E-state index contributed by atoms with van der Waals surface area (Å²) in [5.41, 5.74) is 0. The standard InChI is InChI=1S/C4H7O6P/c5-3(1-4(6)7)2-11(8,9)10/h1-2H2,(H,6,7)(H2,8,9,10). The molecule has 0 radical (unpaired) electrons. The number of carbonyl (C=O) groups is 2. The van der Waals surface area contributed by atoms with Crippen LogP contribution in [0, 0.1) is 0 Å². The Morgan fingerprint density at radius 1 is 1.27 bits per heavy atom. The minimum absolute atomic E-state index is 0.842. The fraction of sp³-hybridized carbons (Fsp3) is 0.500. The van der Waals surface area contributed by atoms with Gasteiger partial charge in [-0.25, -0.2) is 0 Å². The first-order chi connectivity index (χ1) is 4.81. The van der Waals surface area contributed by atoms with Crippen LogP contribution in [0.5, 0.6) is 0 Å². The van der Waals surface area contributed by atoms with E-state index in [2.05, 4.69) is 0 Å². The Morgan fingerprint density at radius 3 is 2.00 bits per heavy atom. The Hall–Kier alpha value is -0.710. The molecule has 0 aliphatic rings. The molecule has 3 N–H and O–H groups in total. The summed E-state index contributed by atoms with van der Waals surface area (Å²) in [6, 6.07) is 0. The van der Waals surface area contributed by atoms with Crippen LogP contribution in [0.3, 0.4) is 0 Å². The molecule has 0 aliphatic heterocycles. The lowest BCUT2D eigenvalue weighted by molar-refractivity contribution is -0.139. The van der Waals surface area contributed by atoms with E-state index in [4.69, 9.17) is 14.9 Å². The van der Waals surface area contributed by atoms with Crippen LogP contribution in [0.4, 0.5) is 0 Å². The highest BCUT2D eigenvalue weighted by atomic mass is 31.2. The van der Waals surface area contributed by atoms with Crippen LogP contribution in [-0.4, -0.2) is 32.8 Å². The van der Waals surface area contributed by atoms with Crippen molar-refractivity contribution >= 4 is 19.3 Å². The van der Waals surface area contributed by atoms with Crippen molar-refractivity contribution in [2.45, 2.75) is 6.42 Å². The van der Waals surface area contributed by atoms with Gasteiger partial charge in [-0.3, -0.25) is 14.2 Å². The Bertz CT molecular complexity index is 215. The lowest BCUT2D eigenvalue weighted by Gasteiger charge is -1.99. The summed E-state index contributed by atoms with van der Waals surface area (Å²) in [4.78, 5) is 36.6. The van der Waals surface area contributed by atoms with Crippen LogP contribution in [-0.2, 0) is 14.2 Å². The second kappa shape index (κ2) is 3.61. The Balaban J connectivity index is 3.90. The van der Waals surface area contributed by atoms with Crippen molar-refractivity contribution in [3.63, 3.8) is 0 Å². The maximum Gasteiger partial charge on any atom is 0.332 e. The second-order valence-electron chi connectivity index (χ2n) is 1.93. The van der Waals surface area contributed by atoms with Crippen molar-refractivity contribution in [1.29, 1.82) is 0 Å². The molecule has 0 heterocycles. The van der Waals surface area contributed by atoms with Gasteiger partial charge in [0.15, 0.2) is 5.78 Å². The van der Waals surface area contributed by atoms with E-state index in [1.165, 1.54) is 0 Å². The number of hydrogen-bond donors (Lipinski definition) is 3. The van der Waals surface area contributed by atoms with Crippen molar-refractivity contribution in [3.05, 3.63) is 0 Å². The third-order valence-electron chi connectivity index (χ3n) is 0.731. The summed E-state index contributed by atoms with van der Waals surface area (Å²) in [6.07, 6.45) is -1.84. The predicted octanol–water partition coefficient (Wildman–Crippen LogP) is -0.792. The molecule has 0 spiro atoms. The van der Waals surface area contributed by atoms with E-state index >= 15 is 0 Å². The van der Waals surface area contributed by atoms with E-state index in [9.17, 15) is 14.2 Å². The molecule has 0 aliphatic carbocycles. The molecule has 0 aromatic heterocycles. The topological polar surface area (TPSA) is 112 Å². The largest absolute Gasteiger partial charge is 0.481 e. The molecule has 0 aromatic rings. The van der Waals surface area contributed by atoms with Gasteiger partial charge in [-0.05, 0) is 0 Å². The molecule has 0 unspecified atom stereocenters. The van der Waals surface area contributed by atoms with Crippen molar-refractivity contribution in [2.75, 3.05) is 6.16 Å². The summed E-state index contributed by atoms with van der Waals surface area (Å²) in [5.74, 6) is -2.35. The predicted molar refractivity (Wildman–Crippen MR) is 34.2 cm³/mol. The van der Waals surface area contributed by atoms with Crippen LogP contribution in [0.2, 0.25) is 0 Å². The zero-order valence-corrected chi connectivity index (χ0v) is 6.32. The molecule has 0 saturated heterocycles. The summed E-state index contributed by atoms with van der Waals surface area (Å²) in [7, 11) is -4.39. The van der Waals surface area contributed by atoms with Crippen molar-refractivity contribution in [1.82, 2.24) is 0 Å². The molecular formula is C4H7O6P. The Labute approximate surface area is 62.0 Å². The average Bonchev–Trinajstić information content (AvgIpc) is 1.53.